The summed E-state index contributed by atoms with van der Waals surface area (Å²) < 4.78 is 47.9. The van der Waals surface area contributed by atoms with Crippen LogP contribution in [-0.2, 0) is 26.2 Å². The number of hydrogen-bond acceptors (Lipinski definition) is 5. The molecular formula is C32H40FN3O5S. The zero-order valence-electron chi connectivity index (χ0n) is 25.1. The van der Waals surface area contributed by atoms with E-state index < -0.39 is 39.9 Å². The van der Waals surface area contributed by atoms with E-state index in [0.717, 1.165) is 39.7 Å². The van der Waals surface area contributed by atoms with E-state index in [1.54, 1.807) is 24.3 Å². The summed E-state index contributed by atoms with van der Waals surface area (Å²) in [5.41, 5.74) is 1.52. The molecule has 0 bridgehead atoms. The third-order valence-electron chi connectivity index (χ3n) is 6.47. The summed E-state index contributed by atoms with van der Waals surface area (Å²) in [4.78, 5) is 28.8. The normalized spacial score (nSPS) is 12.4. The van der Waals surface area contributed by atoms with Crippen LogP contribution in [0, 0.1) is 12.7 Å². The average molecular weight is 598 g/mol. The van der Waals surface area contributed by atoms with Crippen molar-refractivity contribution in [1.82, 2.24) is 10.2 Å². The molecule has 2 amide bonds. The summed E-state index contributed by atoms with van der Waals surface area (Å²) in [7, 11) is -4.31. The molecule has 0 saturated carbocycles. The first-order chi connectivity index (χ1) is 19.7. The Balaban J connectivity index is 2.07. The summed E-state index contributed by atoms with van der Waals surface area (Å²) >= 11 is 0. The van der Waals surface area contributed by atoms with Crippen molar-refractivity contribution in [1.29, 1.82) is 0 Å². The van der Waals surface area contributed by atoms with Crippen LogP contribution in [0.2, 0.25) is 0 Å². The van der Waals surface area contributed by atoms with Crippen LogP contribution < -0.4 is 14.4 Å². The summed E-state index contributed by atoms with van der Waals surface area (Å²) in [5.74, 6) is -0.944. The number of anilines is 1. The van der Waals surface area contributed by atoms with Crippen molar-refractivity contribution in [2.75, 3.05) is 17.5 Å². The van der Waals surface area contributed by atoms with Crippen LogP contribution in [0.3, 0.4) is 0 Å². The van der Waals surface area contributed by atoms with Crippen molar-refractivity contribution < 1.29 is 27.1 Å². The monoisotopic (exact) mass is 597 g/mol. The largest absolute Gasteiger partial charge is 0.494 e. The number of sulfonamides is 1. The van der Waals surface area contributed by atoms with Crippen LogP contribution in [0.1, 0.15) is 52.2 Å². The third kappa shape index (κ3) is 8.55. The Bertz CT molecular complexity index is 1450. The SMILES string of the molecule is CCOc1ccc(N(CC(=O)N(Cc2ccc(C)cc2)[C@@H](CC)C(=O)NC(C)(C)C)S(=O)(=O)c2ccc(F)cc2)cc1. The molecular weight excluding hydrogens is 557 g/mol. The first-order valence-electron chi connectivity index (χ1n) is 13.9. The first kappa shape index (κ1) is 32.6. The molecule has 0 aliphatic heterocycles. The summed E-state index contributed by atoms with van der Waals surface area (Å²) in [5, 5.41) is 2.95. The number of carbonyl (C=O) groups excluding carboxylic acids is 2. The molecule has 3 rings (SSSR count). The highest BCUT2D eigenvalue weighted by atomic mass is 32.2. The smallest absolute Gasteiger partial charge is 0.264 e. The lowest BCUT2D eigenvalue weighted by Crippen LogP contribution is -2.55. The van der Waals surface area contributed by atoms with Gasteiger partial charge in [0.1, 0.15) is 24.2 Å². The van der Waals surface area contributed by atoms with Gasteiger partial charge in [0.2, 0.25) is 11.8 Å². The second kappa shape index (κ2) is 13.8. The number of hydrogen-bond donors (Lipinski definition) is 1. The first-order valence-corrected chi connectivity index (χ1v) is 15.4. The molecule has 0 heterocycles. The van der Waals surface area contributed by atoms with E-state index in [1.165, 1.54) is 4.90 Å². The molecule has 3 aromatic rings. The molecule has 1 N–H and O–H groups in total. The van der Waals surface area contributed by atoms with Gasteiger partial charge < -0.3 is 15.0 Å². The van der Waals surface area contributed by atoms with Gasteiger partial charge in [-0.2, -0.15) is 0 Å². The van der Waals surface area contributed by atoms with Crippen LogP contribution in [0.25, 0.3) is 0 Å². The predicted molar refractivity (Wildman–Crippen MR) is 162 cm³/mol. The van der Waals surface area contributed by atoms with Gasteiger partial charge in [0.05, 0.1) is 17.2 Å². The van der Waals surface area contributed by atoms with Crippen molar-refractivity contribution >= 4 is 27.5 Å². The highest BCUT2D eigenvalue weighted by molar-refractivity contribution is 7.92. The van der Waals surface area contributed by atoms with E-state index in [9.17, 15) is 22.4 Å². The highest BCUT2D eigenvalue weighted by Gasteiger charge is 2.34. The van der Waals surface area contributed by atoms with Crippen LogP contribution in [0.15, 0.2) is 77.7 Å². The maximum atomic E-state index is 14.1. The number of halogens is 1. The van der Waals surface area contributed by atoms with E-state index in [-0.39, 0.29) is 23.0 Å². The van der Waals surface area contributed by atoms with Gasteiger partial charge in [0.15, 0.2) is 0 Å². The van der Waals surface area contributed by atoms with Gasteiger partial charge in [-0.1, -0.05) is 36.8 Å². The van der Waals surface area contributed by atoms with Crippen molar-refractivity contribution in [2.24, 2.45) is 0 Å². The fourth-order valence-corrected chi connectivity index (χ4v) is 5.81. The molecule has 0 unspecified atom stereocenters. The van der Waals surface area contributed by atoms with Crippen molar-refractivity contribution in [3.63, 3.8) is 0 Å². The summed E-state index contributed by atoms with van der Waals surface area (Å²) in [6.45, 7) is 11.1. The second-order valence-electron chi connectivity index (χ2n) is 11.1. The van der Waals surface area contributed by atoms with E-state index in [1.807, 2.05) is 65.8 Å². The fraction of sp³-hybridized carbons (Fsp3) is 0.375. The quantitative estimate of drug-likeness (QED) is 0.300. The number of nitrogens with one attached hydrogen (secondary N) is 1. The van der Waals surface area contributed by atoms with Gasteiger partial charge in [0.25, 0.3) is 10.0 Å². The zero-order valence-corrected chi connectivity index (χ0v) is 25.9. The summed E-state index contributed by atoms with van der Waals surface area (Å²) in [6.07, 6.45) is 0.313. The van der Waals surface area contributed by atoms with Gasteiger partial charge in [-0.05, 0) is 95.1 Å². The average Bonchev–Trinajstić information content (AvgIpc) is 2.92. The molecule has 0 spiro atoms. The molecule has 0 fully saturated rings. The minimum atomic E-state index is -4.31. The van der Waals surface area contributed by atoms with E-state index in [0.29, 0.717) is 18.8 Å². The lowest BCUT2D eigenvalue weighted by atomic mass is 10.1. The number of ether oxygens (including phenoxy) is 1. The van der Waals surface area contributed by atoms with Gasteiger partial charge in [-0.3, -0.25) is 13.9 Å². The van der Waals surface area contributed by atoms with Crippen molar-refractivity contribution in [3.8, 4) is 5.75 Å². The van der Waals surface area contributed by atoms with E-state index in [2.05, 4.69) is 5.32 Å². The van der Waals surface area contributed by atoms with E-state index in [4.69, 9.17) is 4.74 Å². The van der Waals surface area contributed by atoms with Crippen LogP contribution in [0.4, 0.5) is 10.1 Å². The van der Waals surface area contributed by atoms with Crippen LogP contribution in [0.5, 0.6) is 5.75 Å². The maximum Gasteiger partial charge on any atom is 0.264 e. The topological polar surface area (TPSA) is 96.0 Å². The number of rotatable bonds is 12. The number of benzene rings is 3. The Kier molecular flexibility index (Phi) is 10.7. The lowest BCUT2D eigenvalue weighted by Gasteiger charge is -2.34. The fourth-order valence-electron chi connectivity index (χ4n) is 4.40. The minimum absolute atomic E-state index is 0.100. The molecule has 226 valence electrons. The molecule has 0 aromatic heterocycles. The molecule has 10 heteroatoms. The van der Waals surface area contributed by atoms with Crippen LogP contribution >= 0.6 is 0 Å². The Morgan fingerprint density at radius 2 is 1.52 bits per heavy atom. The van der Waals surface area contributed by atoms with Gasteiger partial charge in [-0.15, -0.1) is 0 Å². The Hall–Kier alpha value is -3.92. The zero-order chi connectivity index (χ0) is 31.1. The third-order valence-corrected chi connectivity index (χ3v) is 8.26. The molecule has 0 aliphatic carbocycles. The standard InChI is InChI=1S/C32H40FN3O5S/c1-7-29(31(38)34-32(4,5)6)35(21-24-11-9-23(3)10-12-24)30(37)22-36(26-15-17-27(18-16-26)41-8-2)42(39,40)28-19-13-25(33)14-20-28/h9-20,29H,7-8,21-22H2,1-6H3,(H,34,38)/t29-/m0/s1. The Morgan fingerprint density at radius 1 is 0.929 bits per heavy atom. The molecule has 8 nitrogen and oxygen atoms in total. The van der Waals surface area contributed by atoms with Crippen LogP contribution in [-0.4, -0.2) is 49.9 Å². The summed E-state index contributed by atoms with van der Waals surface area (Å²) in [6, 6.07) is 17.5. The molecule has 42 heavy (non-hydrogen) atoms. The lowest BCUT2D eigenvalue weighted by molar-refractivity contribution is -0.141. The second-order valence-corrected chi connectivity index (χ2v) is 12.9. The molecule has 0 radical (unpaired) electrons. The van der Waals surface area contributed by atoms with Crippen molar-refractivity contribution in [2.45, 2.75) is 71.0 Å². The maximum absolute atomic E-state index is 14.1. The predicted octanol–water partition coefficient (Wildman–Crippen LogP) is 5.45. The number of aryl methyl sites for hydroxylation is 1. The molecule has 1 atom stereocenters. The highest BCUT2D eigenvalue weighted by Crippen LogP contribution is 2.27. The Morgan fingerprint density at radius 3 is 2.05 bits per heavy atom. The van der Waals surface area contributed by atoms with Gasteiger partial charge in [-0.25, -0.2) is 12.8 Å². The minimum Gasteiger partial charge on any atom is -0.494 e. The molecule has 3 aromatic carbocycles. The van der Waals surface area contributed by atoms with Crippen molar-refractivity contribution in [3.05, 3.63) is 89.7 Å². The number of nitrogens with zero attached hydrogens (tertiary/aromatic N) is 2. The van der Waals surface area contributed by atoms with Gasteiger partial charge >= 0.3 is 0 Å². The van der Waals surface area contributed by atoms with Gasteiger partial charge in [0, 0.05) is 12.1 Å². The molecule has 0 saturated heterocycles. The molecule has 0 aliphatic rings. The number of amides is 2. The number of carbonyl (C=O) groups is 2. The van der Waals surface area contributed by atoms with E-state index >= 15 is 0 Å². The Labute approximate surface area is 248 Å².